The van der Waals surface area contributed by atoms with Crippen molar-refractivity contribution in [1.29, 1.82) is 0 Å². The lowest BCUT2D eigenvalue weighted by Gasteiger charge is -2.14. The number of thioether (sulfide) groups is 1. The number of hydrogen-bond acceptors (Lipinski definition) is 5. The van der Waals surface area contributed by atoms with Crippen LogP contribution in [0.3, 0.4) is 0 Å². The summed E-state index contributed by atoms with van der Waals surface area (Å²) in [6.45, 7) is 2.17. The lowest BCUT2D eigenvalue weighted by molar-refractivity contribution is -0.123. The second kappa shape index (κ2) is 7.55. The number of rotatable bonds is 4. The van der Waals surface area contributed by atoms with E-state index >= 15 is 0 Å². The summed E-state index contributed by atoms with van der Waals surface area (Å²) in [7, 11) is 1.45. The summed E-state index contributed by atoms with van der Waals surface area (Å²) in [6, 6.07) is 10.9. The molecule has 0 saturated carbocycles. The van der Waals surface area contributed by atoms with Crippen molar-refractivity contribution in [1.82, 2.24) is 4.90 Å². The predicted octanol–water partition coefficient (Wildman–Crippen LogP) is 4.71. The zero-order valence-corrected chi connectivity index (χ0v) is 16.6. The fourth-order valence-electron chi connectivity index (χ4n) is 2.60. The summed E-state index contributed by atoms with van der Waals surface area (Å²) < 4.78 is 5.81. The summed E-state index contributed by atoms with van der Waals surface area (Å²) in [6.07, 6.45) is 1.51. The maximum atomic E-state index is 12.7. The largest absolute Gasteiger partial charge is 0.504 e. The van der Waals surface area contributed by atoms with Gasteiger partial charge in [-0.2, -0.15) is 0 Å². The van der Waals surface area contributed by atoms with Crippen LogP contribution in [0, 0.1) is 6.92 Å². The minimum absolute atomic E-state index is 0.0820. The first-order chi connectivity index (χ1) is 12.4. The van der Waals surface area contributed by atoms with Gasteiger partial charge in [0.1, 0.15) is 0 Å². The Labute approximate surface area is 163 Å². The van der Waals surface area contributed by atoms with Gasteiger partial charge in [0.25, 0.3) is 11.1 Å². The highest BCUT2D eigenvalue weighted by atomic mass is 79.9. The number of phenolic OH excluding ortho intramolecular Hbond substituents is 1. The lowest BCUT2D eigenvalue weighted by Crippen LogP contribution is -2.27. The van der Waals surface area contributed by atoms with Gasteiger partial charge in [-0.25, -0.2) is 0 Å². The molecule has 0 spiro atoms. The van der Waals surface area contributed by atoms with Crippen LogP contribution < -0.4 is 4.74 Å². The molecule has 7 heteroatoms. The molecule has 5 nitrogen and oxygen atoms in total. The third-order valence-corrected chi connectivity index (χ3v) is 5.40. The molecule has 1 N–H and O–H groups in total. The average Bonchev–Trinajstić information content (AvgIpc) is 2.87. The van der Waals surface area contributed by atoms with E-state index in [1.54, 1.807) is 12.1 Å². The molecule has 1 aliphatic heterocycles. The van der Waals surface area contributed by atoms with Gasteiger partial charge in [-0.05, 0) is 48.0 Å². The monoisotopic (exact) mass is 433 g/mol. The number of amides is 2. The van der Waals surface area contributed by atoms with E-state index in [0.717, 1.165) is 22.9 Å². The maximum Gasteiger partial charge on any atom is 0.293 e. The van der Waals surface area contributed by atoms with E-state index in [2.05, 4.69) is 15.9 Å². The van der Waals surface area contributed by atoms with Crippen LogP contribution in [0.4, 0.5) is 4.79 Å². The molecule has 26 heavy (non-hydrogen) atoms. The summed E-state index contributed by atoms with van der Waals surface area (Å²) in [5.74, 6) is -0.173. The molecule has 0 unspecified atom stereocenters. The number of hydrogen-bond donors (Lipinski definition) is 1. The number of benzene rings is 2. The van der Waals surface area contributed by atoms with Gasteiger partial charge >= 0.3 is 0 Å². The zero-order valence-electron chi connectivity index (χ0n) is 14.2. The van der Waals surface area contributed by atoms with Crippen molar-refractivity contribution < 1.29 is 19.4 Å². The highest BCUT2D eigenvalue weighted by molar-refractivity contribution is 9.10. The van der Waals surface area contributed by atoms with Crippen LogP contribution in [0.2, 0.25) is 0 Å². The molecule has 0 bridgehead atoms. The summed E-state index contributed by atoms with van der Waals surface area (Å²) >= 11 is 4.20. The van der Waals surface area contributed by atoms with Crippen molar-refractivity contribution in [2.75, 3.05) is 7.11 Å². The lowest BCUT2D eigenvalue weighted by atomic mass is 10.1. The smallest absolute Gasteiger partial charge is 0.293 e. The Morgan fingerprint density at radius 1 is 1.27 bits per heavy atom. The van der Waals surface area contributed by atoms with E-state index < -0.39 is 0 Å². The summed E-state index contributed by atoms with van der Waals surface area (Å²) in [5.41, 5.74) is 2.34. The molecule has 2 aromatic carbocycles. The molecule has 0 radical (unpaired) electrons. The van der Waals surface area contributed by atoms with E-state index in [0.29, 0.717) is 10.0 Å². The van der Waals surface area contributed by atoms with Gasteiger partial charge in [0.15, 0.2) is 11.5 Å². The van der Waals surface area contributed by atoms with E-state index in [-0.39, 0.29) is 34.1 Å². The number of nitrogens with zero attached hydrogens (tertiary/aromatic N) is 1. The SMILES string of the molecule is COc1cc(Br)cc(/C=C2\SC(=O)N(Cc3ccccc3C)C2=O)c1O. The Kier molecular flexibility index (Phi) is 5.38. The van der Waals surface area contributed by atoms with Gasteiger partial charge in [-0.15, -0.1) is 0 Å². The van der Waals surface area contributed by atoms with Crippen molar-refractivity contribution >= 4 is 44.9 Å². The Morgan fingerprint density at radius 3 is 2.69 bits per heavy atom. The predicted molar refractivity (Wildman–Crippen MR) is 105 cm³/mol. The first-order valence-electron chi connectivity index (χ1n) is 7.77. The number of carbonyl (C=O) groups excluding carboxylic acids is 2. The fraction of sp³-hybridized carbons (Fsp3) is 0.158. The van der Waals surface area contributed by atoms with Crippen LogP contribution in [0.25, 0.3) is 6.08 Å². The molecule has 1 fully saturated rings. The highest BCUT2D eigenvalue weighted by Crippen LogP contribution is 2.39. The molecular formula is C19H16BrNO4S. The van der Waals surface area contributed by atoms with Crippen LogP contribution in [-0.2, 0) is 11.3 Å². The molecule has 3 rings (SSSR count). The quantitative estimate of drug-likeness (QED) is 0.707. The van der Waals surface area contributed by atoms with Gasteiger partial charge in [-0.3, -0.25) is 14.5 Å². The fourth-order valence-corrected chi connectivity index (χ4v) is 3.88. The van der Waals surface area contributed by atoms with Crippen molar-refractivity contribution in [3.8, 4) is 11.5 Å². The van der Waals surface area contributed by atoms with Crippen LogP contribution >= 0.6 is 27.7 Å². The van der Waals surface area contributed by atoms with Crippen LogP contribution in [-0.4, -0.2) is 28.3 Å². The second-order valence-corrected chi connectivity index (χ2v) is 7.65. The molecule has 1 saturated heterocycles. The van der Waals surface area contributed by atoms with Gasteiger partial charge in [0.2, 0.25) is 0 Å². The number of phenols is 1. The summed E-state index contributed by atoms with van der Waals surface area (Å²) in [4.78, 5) is 26.5. The molecule has 134 valence electrons. The standard InChI is InChI=1S/C19H16BrNO4S/c1-11-5-3-4-6-12(11)10-21-18(23)16(26-19(21)24)8-13-7-14(20)9-15(25-2)17(13)22/h3-9,22H,10H2,1-2H3/b16-8-. The first kappa shape index (κ1) is 18.5. The van der Waals surface area contributed by atoms with Crippen molar-refractivity contribution in [2.45, 2.75) is 13.5 Å². The second-order valence-electron chi connectivity index (χ2n) is 5.74. The number of ether oxygens (including phenoxy) is 1. The summed E-state index contributed by atoms with van der Waals surface area (Å²) in [5, 5.41) is 9.93. The molecule has 1 heterocycles. The van der Waals surface area contributed by atoms with Crippen LogP contribution in [0.5, 0.6) is 11.5 Å². The van der Waals surface area contributed by atoms with Gasteiger partial charge in [-0.1, -0.05) is 40.2 Å². The third kappa shape index (κ3) is 3.64. The molecule has 0 aromatic heterocycles. The normalized spacial score (nSPS) is 15.8. The third-order valence-electron chi connectivity index (χ3n) is 4.04. The van der Waals surface area contributed by atoms with Crippen molar-refractivity contribution in [3.63, 3.8) is 0 Å². The maximum absolute atomic E-state index is 12.7. The molecule has 0 aliphatic carbocycles. The number of carbonyl (C=O) groups is 2. The van der Waals surface area contributed by atoms with Crippen molar-refractivity contribution in [3.05, 3.63) is 62.5 Å². The van der Waals surface area contributed by atoms with Crippen LogP contribution in [0.15, 0.2) is 45.8 Å². The number of imide groups is 1. The Bertz CT molecular complexity index is 926. The van der Waals surface area contributed by atoms with Gasteiger partial charge in [0, 0.05) is 10.0 Å². The minimum Gasteiger partial charge on any atom is -0.504 e. The van der Waals surface area contributed by atoms with E-state index in [9.17, 15) is 14.7 Å². The molecule has 2 aromatic rings. The van der Waals surface area contributed by atoms with E-state index in [1.165, 1.54) is 18.1 Å². The average molecular weight is 434 g/mol. The number of halogens is 1. The molecule has 0 atom stereocenters. The number of aryl methyl sites for hydroxylation is 1. The molecule has 2 amide bonds. The highest BCUT2D eigenvalue weighted by Gasteiger charge is 2.35. The van der Waals surface area contributed by atoms with Gasteiger partial charge < -0.3 is 9.84 Å². The first-order valence-corrected chi connectivity index (χ1v) is 9.38. The number of methoxy groups -OCH3 is 1. The van der Waals surface area contributed by atoms with Crippen molar-refractivity contribution in [2.24, 2.45) is 0 Å². The Morgan fingerprint density at radius 2 is 2.00 bits per heavy atom. The Hall–Kier alpha value is -2.25. The molecule has 1 aliphatic rings. The van der Waals surface area contributed by atoms with Crippen LogP contribution in [0.1, 0.15) is 16.7 Å². The Balaban J connectivity index is 1.91. The molecular weight excluding hydrogens is 418 g/mol. The van der Waals surface area contributed by atoms with E-state index in [4.69, 9.17) is 4.74 Å². The van der Waals surface area contributed by atoms with Gasteiger partial charge in [0.05, 0.1) is 18.6 Å². The topological polar surface area (TPSA) is 66.8 Å². The van der Waals surface area contributed by atoms with E-state index in [1.807, 2.05) is 31.2 Å². The minimum atomic E-state index is -0.374. The number of aromatic hydroxyl groups is 1. The zero-order chi connectivity index (χ0) is 18.8.